The summed E-state index contributed by atoms with van der Waals surface area (Å²) in [6, 6.07) is 4.10. The molecule has 2 heterocycles. The fourth-order valence-corrected chi connectivity index (χ4v) is 4.36. The van der Waals surface area contributed by atoms with Crippen molar-refractivity contribution in [3.63, 3.8) is 0 Å². The van der Waals surface area contributed by atoms with Crippen molar-refractivity contribution >= 4 is 22.2 Å². The first-order valence-electron chi connectivity index (χ1n) is 7.42. The summed E-state index contributed by atoms with van der Waals surface area (Å²) in [5.74, 6) is 1.15. The molecule has 1 aromatic heterocycles. The molecule has 21 heavy (non-hydrogen) atoms. The van der Waals surface area contributed by atoms with Crippen LogP contribution in [-0.4, -0.2) is 36.5 Å². The molecule has 6 heteroatoms. The van der Waals surface area contributed by atoms with Gasteiger partial charge >= 0.3 is 0 Å². The van der Waals surface area contributed by atoms with Gasteiger partial charge in [0.15, 0.2) is 0 Å². The molecular weight excluding hydrogens is 284 g/mol. The van der Waals surface area contributed by atoms with Crippen LogP contribution in [0.1, 0.15) is 24.8 Å². The predicted molar refractivity (Wildman–Crippen MR) is 82.9 cm³/mol. The van der Waals surface area contributed by atoms with Gasteiger partial charge in [-0.3, -0.25) is 9.69 Å². The Kier molecular flexibility index (Phi) is 4.24. The van der Waals surface area contributed by atoms with E-state index < -0.39 is 0 Å². The number of carbonyl (C=O) groups is 1. The predicted octanol–water partition coefficient (Wildman–Crippen LogP) is 1.62. The zero-order chi connectivity index (χ0) is 14.8. The van der Waals surface area contributed by atoms with Gasteiger partial charge in [-0.05, 0) is 36.1 Å². The zero-order valence-electron chi connectivity index (χ0n) is 11.9. The van der Waals surface area contributed by atoms with E-state index in [1.165, 1.54) is 24.2 Å². The number of nitrogens with two attached hydrogens (primary N) is 1. The lowest BCUT2D eigenvalue weighted by Gasteiger charge is -2.29. The molecule has 0 aromatic carbocycles. The number of hydrogen-bond donors (Lipinski definition) is 2. The molecule has 1 aromatic rings. The van der Waals surface area contributed by atoms with Gasteiger partial charge in [0.2, 0.25) is 5.91 Å². The Bertz CT molecular complexity index is 564. The van der Waals surface area contributed by atoms with Crippen molar-refractivity contribution in [3.05, 3.63) is 17.0 Å². The zero-order valence-corrected chi connectivity index (χ0v) is 12.7. The Morgan fingerprint density at radius 3 is 3.14 bits per heavy atom. The van der Waals surface area contributed by atoms with E-state index >= 15 is 0 Å². The van der Waals surface area contributed by atoms with Crippen LogP contribution in [0, 0.1) is 23.2 Å². The highest BCUT2D eigenvalue weighted by Gasteiger charge is 2.38. The maximum atomic E-state index is 12.1. The van der Waals surface area contributed by atoms with E-state index in [2.05, 4.69) is 16.3 Å². The lowest BCUT2D eigenvalue weighted by molar-refractivity contribution is -0.117. The molecule has 3 atom stereocenters. The molecule has 1 saturated carbocycles. The van der Waals surface area contributed by atoms with Crippen LogP contribution in [0.5, 0.6) is 0 Å². The summed E-state index contributed by atoms with van der Waals surface area (Å²) in [5.41, 5.74) is 6.73. The molecule has 1 saturated heterocycles. The number of nitrogens with one attached hydrogen (secondary N) is 1. The fraction of sp³-hybridized carbons (Fsp3) is 0.600. The molecule has 0 bridgehead atoms. The first-order chi connectivity index (χ1) is 10.2. The number of nitrogens with zero attached hydrogens (tertiary/aromatic N) is 2. The van der Waals surface area contributed by atoms with Gasteiger partial charge in [0.05, 0.1) is 12.1 Å². The summed E-state index contributed by atoms with van der Waals surface area (Å²) in [6.45, 7) is 2.29. The van der Waals surface area contributed by atoms with Crippen molar-refractivity contribution in [3.8, 4) is 6.07 Å². The lowest BCUT2D eigenvalue weighted by atomic mass is 9.78. The number of carbonyl (C=O) groups excluding carboxylic acids is 1. The van der Waals surface area contributed by atoms with Crippen LogP contribution in [0.15, 0.2) is 11.4 Å². The summed E-state index contributed by atoms with van der Waals surface area (Å²) in [4.78, 5) is 14.3. The van der Waals surface area contributed by atoms with Crippen LogP contribution in [0.4, 0.5) is 5.00 Å². The average Bonchev–Trinajstić information content (AvgIpc) is 3.05. The van der Waals surface area contributed by atoms with Crippen LogP contribution in [0.2, 0.25) is 0 Å². The number of fused-ring (bicyclic) bond motifs is 1. The minimum Gasteiger partial charge on any atom is -0.327 e. The largest absolute Gasteiger partial charge is 0.327 e. The van der Waals surface area contributed by atoms with E-state index in [1.807, 2.05) is 5.38 Å². The Morgan fingerprint density at radius 1 is 1.52 bits per heavy atom. The van der Waals surface area contributed by atoms with Crippen molar-refractivity contribution in [1.82, 2.24) is 4.90 Å². The second kappa shape index (κ2) is 6.14. The van der Waals surface area contributed by atoms with E-state index in [9.17, 15) is 4.79 Å². The Hall–Kier alpha value is -1.42. The first kappa shape index (κ1) is 14.5. The second-order valence-electron chi connectivity index (χ2n) is 6.04. The number of amides is 1. The number of thiophene rings is 1. The highest BCUT2D eigenvalue weighted by molar-refractivity contribution is 7.14. The van der Waals surface area contributed by atoms with Crippen LogP contribution >= 0.6 is 11.3 Å². The molecule has 3 N–H and O–H groups in total. The number of anilines is 1. The van der Waals surface area contributed by atoms with Crippen molar-refractivity contribution < 1.29 is 4.79 Å². The summed E-state index contributed by atoms with van der Waals surface area (Å²) in [5, 5.41) is 14.3. The van der Waals surface area contributed by atoms with E-state index in [4.69, 9.17) is 11.0 Å². The molecule has 1 amide bonds. The second-order valence-corrected chi connectivity index (χ2v) is 6.95. The molecule has 1 aliphatic heterocycles. The quantitative estimate of drug-likeness (QED) is 0.889. The maximum absolute atomic E-state index is 12.1. The summed E-state index contributed by atoms with van der Waals surface area (Å²) < 4.78 is 0. The maximum Gasteiger partial charge on any atom is 0.239 e. The van der Waals surface area contributed by atoms with Gasteiger partial charge in [-0.25, -0.2) is 0 Å². The highest BCUT2D eigenvalue weighted by Crippen LogP contribution is 2.35. The Balaban J connectivity index is 1.55. The van der Waals surface area contributed by atoms with Gasteiger partial charge in [0, 0.05) is 19.1 Å². The summed E-state index contributed by atoms with van der Waals surface area (Å²) in [6.07, 6.45) is 3.56. The SMILES string of the molecule is N#Cc1ccsc1NC(=O)CN1CC2CCCC(N)C2C1. The molecule has 2 aliphatic rings. The molecule has 112 valence electrons. The van der Waals surface area contributed by atoms with Crippen LogP contribution in [0.25, 0.3) is 0 Å². The molecule has 0 radical (unpaired) electrons. The van der Waals surface area contributed by atoms with E-state index in [0.29, 0.717) is 35.0 Å². The van der Waals surface area contributed by atoms with E-state index in [-0.39, 0.29) is 5.91 Å². The molecule has 3 rings (SSSR count). The van der Waals surface area contributed by atoms with Crippen molar-refractivity contribution in [2.75, 3.05) is 25.0 Å². The number of rotatable bonds is 3. The summed E-state index contributed by atoms with van der Waals surface area (Å²) in [7, 11) is 0. The van der Waals surface area contributed by atoms with Gasteiger partial charge in [-0.2, -0.15) is 5.26 Å². The number of nitriles is 1. The lowest BCUT2D eigenvalue weighted by Crippen LogP contribution is -2.38. The minimum absolute atomic E-state index is 0.0406. The van der Waals surface area contributed by atoms with Crippen molar-refractivity contribution in [1.29, 1.82) is 5.26 Å². The standard InChI is InChI=1S/C15H20N4OS/c16-6-10-4-5-21-15(10)18-14(20)9-19-7-11-2-1-3-13(17)12(11)8-19/h4-5,11-13H,1-3,7-9,17H2,(H,18,20). The third-order valence-electron chi connectivity index (χ3n) is 4.64. The number of likely N-dealkylation sites (tertiary alicyclic amines) is 1. The van der Waals surface area contributed by atoms with Gasteiger partial charge in [0.1, 0.15) is 11.1 Å². The topological polar surface area (TPSA) is 82.2 Å². The first-order valence-corrected chi connectivity index (χ1v) is 8.30. The van der Waals surface area contributed by atoms with Gasteiger partial charge in [-0.15, -0.1) is 11.3 Å². The van der Waals surface area contributed by atoms with Crippen molar-refractivity contribution in [2.24, 2.45) is 17.6 Å². The average molecular weight is 304 g/mol. The molecule has 3 unspecified atom stereocenters. The van der Waals surface area contributed by atoms with Crippen LogP contribution < -0.4 is 11.1 Å². The molecule has 2 fully saturated rings. The van der Waals surface area contributed by atoms with E-state index in [0.717, 1.165) is 19.5 Å². The molecule has 0 spiro atoms. The van der Waals surface area contributed by atoms with E-state index in [1.54, 1.807) is 6.07 Å². The summed E-state index contributed by atoms with van der Waals surface area (Å²) >= 11 is 1.39. The monoisotopic (exact) mass is 304 g/mol. The van der Waals surface area contributed by atoms with Crippen molar-refractivity contribution in [2.45, 2.75) is 25.3 Å². The fourth-order valence-electron chi connectivity index (χ4n) is 3.60. The third kappa shape index (κ3) is 3.10. The smallest absolute Gasteiger partial charge is 0.239 e. The molecule has 5 nitrogen and oxygen atoms in total. The molecule has 1 aliphatic carbocycles. The Labute approximate surface area is 128 Å². The number of hydrogen-bond acceptors (Lipinski definition) is 5. The van der Waals surface area contributed by atoms with Crippen LogP contribution in [-0.2, 0) is 4.79 Å². The van der Waals surface area contributed by atoms with Gasteiger partial charge in [-0.1, -0.05) is 6.42 Å². The third-order valence-corrected chi connectivity index (χ3v) is 5.47. The molecular formula is C15H20N4OS. The highest BCUT2D eigenvalue weighted by atomic mass is 32.1. The Morgan fingerprint density at radius 2 is 2.38 bits per heavy atom. The minimum atomic E-state index is -0.0406. The normalized spacial score (nSPS) is 28.9. The van der Waals surface area contributed by atoms with Gasteiger partial charge in [0.25, 0.3) is 0 Å². The van der Waals surface area contributed by atoms with Gasteiger partial charge < -0.3 is 11.1 Å². The van der Waals surface area contributed by atoms with Crippen LogP contribution in [0.3, 0.4) is 0 Å².